The van der Waals surface area contributed by atoms with Gasteiger partial charge in [0.05, 0.1) is 23.1 Å². The second-order valence-electron chi connectivity index (χ2n) is 3.83. The lowest BCUT2D eigenvalue weighted by Crippen LogP contribution is -1.88. The molecule has 0 saturated heterocycles. The molecule has 5 heteroatoms. The van der Waals surface area contributed by atoms with Gasteiger partial charge < -0.3 is 10.2 Å². The summed E-state index contributed by atoms with van der Waals surface area (Å²) >= 11 is 5.99. The fraction of sp³-hybridized carbons (Fsp3) is 0. The smallest absolute Gasteiger partial charge is 0.202 e. The highest BCUT2D eigenvalue weighted by Crippen LogP contribution is 2.37. The number of nitrogens with one attached hydrogen (secondary N) is 1. The van der Waals surface area contributed by atoms with E-state index in [1.54, 1.807) is 6.07 Å². The fourth-order valence-electron chi connectivity index (χ4n) is 1.92. The minimum Gasteiger partial charge on any atom is -0.452 e. The molecule has 0 atom stereocenters. The van der Waals surface area contributed by atoms with E-state index in [4.69, 9.17) is 21.8 Å². The van der Waals surface area contributed by atoms with Crippen LogP contribution in [-0.2, 0) is 0 Å². The van der Waals surface area contributed by atoms with Crippen molar-refractivity contribution in [3.05, 3.63) is 47.9 Å². The summed E-state index contributed by atoms with van der Waals surface area (Å²) in [7, 11) is 0. The van der Waals surface area contributed by atoms with Crippen LogP contribution in [0.3, 0.4) is 0 Å². The average molecular weight is 260 g/mol. The first-order valence-corrected chi connectivity index (χ1v) is 5.78. The van der Waals surface area contributed by atoms with E-state index < -0.39 is 0 Å². The predicted octanol–water partition coefficient (Wildman–Crippen LogP) is 3.57. The molecule has 90 valence electrons. The number of nitrogen functional groups attached to an aromatic ring is 1. The molecule has 0 bridgehead atoms. The van der Waals surface area contributed by atoms with E-state index in [0.29, 0.717) is 11.0 Å². The molecule has 2 heterocycles. The number of aromatic amines is 1. The topological polar surface area (TPSA) is 67.8 Å². The van der Waals surface area contributed by atoms with Crippen LogP contribution >= 0.6 is 11.6 Å². The van der Waals surface area contributed by atoms with Gasteiger partial charge in [-0.2, -0.15) is 5.10 Å². The summed E-state index contributed by atoms with van der Waals surface area (Å²) in [4.78, 5) is 0. The zero-order valence-corrected chi connectivity index (χ0v) is 10.1. The molecule has 1 aromatic carbocycles. The predicted molar refractivity (Wildman–Crippen MR) is 71.1 cm³/mol. The number of aromatic nitrogens is 2. The van der Waals surface area contributed by atoms with E-state index >= 15 is 0 Å². The third-order valence-electron chi connectivity index (χ3n) is 2.74. The van der Waals surface area contributed by atoms with Gasteiger partial charge in [-0.15, -0.1) is 0 Å². The van der Waals surface area contributed by atoms with Gasteiger partial charge in [0.2, 0.25) is 5.22 Å². The second-order valence-corrected chi connectivity index (χ2v) is 4.18. The largest absolute Gasteiger partial charge is 0.452 e. The van der Waals surface area contributed by atoms with Gasteiger partial charge in [0.1, 0.15) is 0 Å². The van der Waals surface area contributed by atoms with Crippen molar-refractivity contribution in [2.24, 2.45) is 0 Å². The van der Waals surface area contributed by atoms with Crippen molar-refractivity contribution in [2.75, 3.05) is 5.73 Å². The lowest BCUT2D eigenvalue weighted by Gasteiger charge is -2.02. The van der Waals surface area contributed by atoms with Crippen molar-refractivity contribution in [3.63, 3.8) is 0 Å². The molecule has 0 fully saturated rings. The van der Waals surface area contributed by atoms with Crippen LogP contribution in [0.25, 0.3) is 22.4 Å². The van der Waals surface area contributed by atoms with E-state index in [2.05, 4.69) is 10.2 Å². The second kappa shape index (κ2) is 4.23. The first-order chi connectivity index (χ1) is 8.77. The third kappa shape index (κ3) is 1.67. The molecule has 0 amide bonds. The molecule has 3 aromatic rings. The van der Waals surface area contributed by atoms with Crippen LogP contribution < -0.4 is 5.73 Å². The maximum absolute atomic E-state index is 5.99. The van der Waals surface area contributed by atoms with Crippen molar-refractivity contribution in [3.8, 4) is 22.4 Å². The Morgan fingerprint density at radius 3 is 2.61 bits per heavy atom. The molecule has 3 rings (SSSR count). The van der Waals surface area contributed by atoms with Gasteiger partial charge in [0.15, 0.2) is 5.82 Å². The van der Waals surface area contributed by atoms with Gasteiger partial charge in [-0.1, -0.05) is 30.3 Å². The van der Waals surface area contributed by atoms with Crippen LogP contribution in [0.15, 0.2) is 47.1 Å². The third-order valence-corrected chi connectivity index (χ3v) is 3.04. The Morgan fingerprint density at radius 2 is 1.94 bits per heavy atom. The molecule has 0 spiro atoms. The Kier molecular flexibility index (Phi) is 2.57. The van der Waals surface area contributed by atoms with Gasteiger partial charge in [0.25, 0.3) is 0 Å². The van der Waals surface area contributed by atoms with Gasteiger partial charge in [-0.05, 0) is 23.2 Å². The van der Waals surface area contributed by atoms with Gasteiger partial charge in [-0.3, -0.25) is 5.10 Å². The van der Waals surface area contributed by atoms with E-state index in [9.17, 15) is 0 Å². The molecule has 0 aliphatic heterocycles. The Balaban J connectivity index is 2.22. The Labute approximate surface area is 108 Å². The summed E-state index contributed by atoms with van der Waals surface area (Å²) in [6, 6.07) is 11.6. The normalized spacial score (nSPS) is 10.7. The highest BCUT2D eigenvalue weighted by atomic mass is 35.5. The maximum Gasteiger partial charge on any atom is 0.202 e. The van der Waals surface area contributed by atoms with Crippen molar-refractivity contribution in [2.45, 2.75) is 0 Å². The summed E-state index contributed by atoms with van der Waals surface area (Å²) in [5.74, 6) is 0.438. The molecule has 0 aliphatic rings. The van der Waals surface area contributed by atoms with Crippen molar-refractivity contribution < 1.29 is 4.42 Å². The Bertz CT molecular complexity index is 673. The quantitative estimate of drug-likeness (QED) is 0.739. The molecule has 18 heavy (non-hydrogen) atoms. The molecule has 0 unspecified atom stereocenters. The average Bonchev–Trinajstić information content (AvgIpc) is 2.96. The van der Waals surface area contributed by atoms with E-state index in [1.165, 1.54) is 6.26 Å². The number of furan rings is 1. The molecular formula is C13H10ClN3O. The number of anilines is 1. The molecular weight excluding hydrogens is 250 g/mol. The number of H-pyrrole nitrogens is 1. The number of nitrogens with two attached hydrogens (primary N) is 1. The summed E-state index contributed by atoms with van der Waals surface area (Å²) in [6.45, 7) is 0. The van der Waals surface area contributed by atoms with E-state index in [0.717, 1.165) is 22.4 Å². The minimum atomic E-state index is 0.316. The minimum absolute atomic E-state index is 0.316. The van der Waals surface area contributed by atoms with Crippen LogP contribution in [0.5, 0.6) is 0 Å². The van der Waals surface area contributed by atoms with Crippen molar-refractivity contribution in [1.29, 1.82) is 0 Å². The van der Waals surface area contributed by atoms with Crippen molar-refractivity contribution in [1.82, 2.24) is 10.2 Å². The highest BCUT2D eigenvalue weighted by molar-refractivity contribution is 6.31. The van der Waals surface area contributed by atoms with Crippen LogP contribution in [0.1, 0.15) is 0 Å². The standard InChI is InChI=1S/C13H10ClN3O/c14-12-9(6-7-18-12)11-10(13(15)17-16-11)8-4-2-1-3-5-8/h1-7H,(H3,15,16,17). The van der Waals surface area contributed by atoms with Crippen LogP contribution in [0, 0.1) is 0 Å². The van der Waals surface area contributed by atoms with E-state index in [1.807, 2.05) is 30.3 Å². The lowest BCUT2D eigenvalue weighted by atomic mass is 10.0. The fourth-order valence-corrected chi connectivity index (χ4v) is 2.13. The zero-order valence-electron chi connectivity index (χ0n) is 9.35. The maximum atomic E-state index is 5.99. The monoisotopic (exact) mass is 259 g/mol. The van der Waals surface area contributed by atoms with Crippen LogP contribution in [0.2, 0.25) is 5.22 Å². The zero-order chi connectivity index (χ0) is 12.5. The first-order valence-electron chi connectivity index (χ1n) is 5.40. The molecule has 3 N–H and O–H groups in total. The molecule has 0 radical (unpaired) electrons. The van der Waals surface area contributed by atoms with Crippen LogP contribution in [-0.4, -0.2) is 10.2 Å². The van der Waals surface area contributed by atoms with Gasteiger partial charge in [0, 0.05) is 0 Å². The number of benzene rings is 1. The number of nitrogens with zero attached hydrogens (tertiary/aromatic N) is 1. The summed E-state index contributed by atoms with van der Waals surface area (Å²) in [6.07, 6.45) is 1.53. The molecule has 4 nitrogen and oxygen atoms in total. The Morgan fingerprint density at radius 1 is 1.17 bits per heavy atom. The number of hydrogen-bond donors (Lipinski definition) is 2. The Hall–Kier alpha value is -2.20. The highest BCUT2D eigenvalue weighted by Gasteiger charge is 2.17. The summed E-state index contributed by atoms with van der Waals surface area (Å²) in [5, 5.41) is 7.25. The number of halogens is 1. The van der Waals surface area contributed by atoms with Crippen LogP contribution in [0.4, 0.5) is 5.82 Å². The van der Waals surface area contributed by atoms with Crippen molar-refractivity contribution >= 4 is 17.4 Å². The molecule has 0 saturated carbocycles. The van der Waals surface area contributed by atoms with Gasteiger partial charge in [-0.25, -0.2) is 0 Å². The van der Waals surface area contributed by atoms with E-state index in [-0.39, 0.29) is 0 Å². The number of rotatable bonds is 2. The lowest BCUT2D eigenvalue weighted by molar-refractivity contribution is 0.570. The summed E-state index contributed by atoms with van der Waals surface area (Å²) in [5.41, 5.74) is 9.24. The summed E-state index contributed by atoms with van der Waals surface area (Å²) < 4.78 is 5.10. The van der Waals surface area contributed by atoms with Gasteiger partial charge >= 0.3 is 0 Å². The molecule has 2 aromatic heterocycles. The SMILES string of the molecule is Nc1n[nH]c(-c2ccoc2Cl)c1-c1ccccc1. The first kappa shape index (κ1) is 10.9. The number of hydrogen-bond acceptors (Lipinski definition) is 3. The molecule has 0 aliphatic carbocycles.